The summed E-state index contributed by atoms with van der Waals surface area (Å²) < 4.78 is 0. The van der Waals surface area contributed by atoms with Crippen molar-refractivity contribution in [1.29, 1.82) is 0 Å². The van der Waals surface area contributed by atoms with Crippen molar-refractivity contribution in [2.75, 3.05) is 6.54 Å². The van der Waals surface area contributed by atoms with Gasteiger partial charge in [0, 0.05) is 37.5 Å². The molecular weight excluding hydrogens is 234 g/mol. The van der Waals surface area contributed by atoms with E-state index in [1.807, 2.05) is 0 Å². The van der Waals surface area contributed by atoms with Crippen LogP contribution in [-0.2, 0) is 13.0 Å². The van der Waals surface area contributed by atoms with Crippen molar-refractivity contribution in [3.05, 3.63) is 29.3 Å². The van der Waals surface area contributed by atoms with Crippen LogP contribution in [0.4, 0.5) is 0 Å². The Bertz CT molecular complexity index is 594. The van der Waals surface area contributed by atoms with Gasteiger partial charge in [-0.05, 0) is 0 Å². The first-order valence-corrected chi connectivity index (χ1v) is 5.59. The molecule has 0 bridgehead atoms. The Morgan fingerprint density at radius 2 is 2.28 bits per heavy atom. The fourth-order valence-corrected chi connectivity index (χ4v) is 2.01. The predicted octanol–water partition coefficient (Wildman–Crippen LogP) is 0.211. The van der Waals surface area contributed by atoms with E-state index in [1.54, 1.807) is 12.4 Å². The van der Waals surface area contributed by atoms with Gasteiger partial charge in [-0.25, -0.2) is 19.7 Å². The first-order valence-electron chi connectivity index (χ1n) is 5.59. The standard InChI is InChI=1S/C11H11N5O2/c17-11(18)8-6-5-12-2-1-7(6)15-10(16-8)9-13-3-4-14-9/h3-4,12H,1-2,5H2,(H,13,14)(H,17,18). The van der Waals surface area contributed by atoms with E-state index in [0.29, 0.717) is 30.2 Å². The van der Waals surface area contributed by atoms with Crippen LogP contribution >= 0.6 is 0 Å². The van der Waals surface area contributed by atoms with Crippen LogP contribution < -0.4 is 5.32 Å². The number of imidazole rings is 1. The highest BCUT2D eigenvalue weighted by atomic mass is 16.4. The lowest BCUT2D eigenvalue weighted by atomic mass is 10.1. The largest absolute Gasteiger partial charge is 0.476 e. The molecule has 0 aliphatic carbocycles. The van der Waals surface area contributed by atoms with E-state index >= 15 is 0 Å². The molecule has 0 fully saturated rings. The van der Waals surface area contributed by atoms with E-state index in [0.717, 1.165) is 12.2 Å². The minimum Gasteiger partial charge on any atom is -0.476 e. The van der Waals surface area contributed by atoms with E-state index in [4.69, 9.17) is 0 Å². The molecule has 1 aliphatic rings. The molecule has 0 saturated heterocycles. The number of aromatic amines is 1. The number of rotatable bonds is 2. The van der Waals surface area contributed by atoms with Gasteiger partial charge in [-0.2, -0.15) is 0 Å². The highest BCUT2D eigenvalue weighted by Crippen LogP contribution is 2.19. The fraction of sp³-hybridized carbons (Fsp3) is 0.273. The van der Waals surface area contributed by atoms with Gasteiger partial charge >= 0.3 is 5.97 Å². The monoisotopic (exact) mass is 245 g/mol. The molecule has 0 saturated carbocycles. The number of aromatic carboxylic acids is 1. The van der Waals surface area contributed by atoms with Crippen LogP contribution in [0, 0.1) is 0 Å². The molecule has 7 nitrogen and oxygen atoms in total. The number of nitrogens with zero attached hydrogens (tertiary/aromatic N) is 3. The maximum absolute atomic E-state index is 11.2. The van der Waals surface area contributed by atoms with Crippen molar-refractivity contribution in [2.45, 2.75) is 13.0 Å². The molecule has 3 heterocycles. The molecule has 2 aromatic rings. The Morgan fingerprint density at radius 3 is 3.00 bits per heavy atom. The maximum Gasteiger partial charge on any atom is 0.354 e. The molecule has 92 valence electrons. The van der Waals surface area contributed by atoms with Gasteiger partial charge in [0.05, 0.1) is 5.69 Å². The van der Waals surface area contributed by atoms with Crippen LogP contribution in [0.1, 0.15) is 21.7 Å². The molecule has 0 atom stereocenters. The van der Waals surface area contributed by atoms with E-state index in [-0.39, 0.29) is 5.69 Å². The first-order chi connectivity index (χ1) is 8.75. The molecule has 0 radical (unpaired) electrons. The lowest BCUT2D eigenvalue weighted by molar-refractivity contribution is 0.0688. The molecule has 0 spiro atoms. The second kappa shape index (κ2) is 4.19. The van der Waals surface area contributed by atoms with Crippen molar-refractivity contribution in [3.8, 4) is 11.6 Å². The van der Waals surface area contributed by atoms with Gasteiger partial charge in [0.25, 0.3) is 0 Å². The number of aromatic nitrogens is 4. The number of H-pyrrole nitrogens is 1. The molecule has 2 aromatic heterocycles. The lowest BCUT2D eigenvalue weighted by Gasteiger charge is -2.17. The first kappa shape index (κ1) is 10.8. The van der Waals surface area contributed by atoms with Gasteiger partial charge in [-0.3, -0.25) is 0 Å². The van der Waals surface area contributed by atoms with Crippen molar-refractivity contribution in [2.24, 2.45) is 0 Å². The summed E-state index contributed by atoms with van der Waals surface area (Å²) in [5, 5.41) is 12.3. The predicted molar refractivity (Wildman–Crippen MR) is 62.0 cm³/mol. The number of fused-ring (bicyclic) bond motifs is 1. The van der Waals surface area contributed by atoms with Crippen LogP contribution in [0.2, 0.25) is 0 Å². The van der Waals surface area contributed by atoms with E-state index in [2.05, 4.69) is 25.3 Å². The molecule has 18 heavy (non-hydrogen) atoms. The van der Waals surface area contributed by atoms with Crippen LogP contribution in [-0.4, -0.2) is 37.6 Å². The highest BCUT2D eigenvalue weighted by molar-refractivity contribution is 5.88. The van der Waals surface area contributed by atoms with Crippen LogP contribution in [0.25, 0.3) is 11.6 Å². The fourth-order valence-electron chi connectivity index (χ4n) is 2.01. The molecule has 0 amide bonds. The van der Waals surface area contributed by atoms with Gasteiger partial charge < -0.3 is 15.4 Å². The van der Waals surface area contributed by atoms with Crippen LogP contribution in [0.15, 0.2) is 12.4 Å². The summed E-state index contributed by atoms with van der Waals surface area (Å²) in [5.74, 6) is -0.220. The Balaban J connectivity index is 2.18. The summed E-state index contributed by atoms with van der Waals surface area (Å²) >= 11 is 0. The average Bonchev–Trinajstić information content (AvgIpc) is 2.91. The Morgan fingerprint density at radius 1 is 1.39 bits per heavy atom. The molecule has 0 unspecified atom stereocenters. The lowest BCUT2D eigenvalue weighted by Crippen LogP contribution is -2.28. The highest BCUT2D eigenvalue weighted by Gasteiger charge is 2.22. The Hall–Kier alpha value is -2.28. The molecule has 3 rings (SSSR count). The molecule has 1 aliphatic heterocycles. The minimum absolute atomic E-state index is 0.0543. The quantitative estimate of drug-likeness (QED) is 0.698. The summed E-state index contributed by atoms with van der Waals surface area (Å²) in [5.41, 5.74) is 1.51. The average molecular weight is 245 g/mol. The van der Waals surface area contributed by atoms with Gasteiger partial charge in [-0.1, -0.05) is 0 Å². The smallest absolute Gasteiger partial charge is 0.354 e. The van der Waals surface area contributed by atoms with E-state index in [9.17, 15) is 9.90 Å². The number of carboxylic acid groups (broad SMARTS) is 1. The van der Waals surface area contributed by atoms with Gasteiger partial charge in [0.15, 0.2) is 17.3 Å². The molecule has 7 heteroatoms. The third kappa shape index (κ3) is 1.74. The number of carbonyl (C=O) groups is 1. The zero-order valence-corrected chi connectivity index (χ0v) is 9.47. The van der Waals surface area contributed by atoms with Crippen LogP contribution in [0.3, 0.4) is 0 Å². The molecule has 3 N–H and O–H groups in total. The SMILES string of the molecule is O=C(O)c1nc(-c2ncc[nH]2)nc2c1CNCC2. The third-order valence-electron chi connectivity index (χ3n) is 2.85. The number of hydrogen-bond donors (Lipinski definition) is 3. The zero-order valence-electron chi connectivity index (χ0n) is 9.47. The maximum atomic E-state index is 11.2. The summed E-state index contributed by atoms with van der Waals surface area (Å²) in [4.78, 5) is 26.6. The van der Waals surface area contributed by atoms with Gasteiger partial charge in [0.1, 0.15) is 0 Å². The summed E-state index contributed by atoms with van der Waals surface area (Å²) in [6.07, 6.45) is 3.94. The van der Waals surface area contributed by atoms with Crippen molar-refractivity contribution in [3.63, 3.8) is 0 Å². The zero-order chi connectivity index (χ0) is 12.5. The number of carboxylic acids is 1. The Kier molecular flexibility index (Phi) is 2.52. The topological polar surface area (TPSA) is 104 Å². The van der Waals surface area contributed by atoms with Crippen molar-refractivity contribution >= 4 is 5.97 Å². The minimum atomic E-state index is -1.04. The molecule has 0 aromatic carbocycles. The van der Waals surface area contributed by atoms with Gasteiger partial charge in [-0.15, -0.1) is 0 Å². The summed E-state index contributed by atoms with van der Waals surface area (Å²) in [6, 6.07) is 0. The third-order valence-corrected chi connectivity index (χ3v) is 2.85. The van der Waals surface area contributed by atoms with Crippen molar-refractivity contribution in [1.82, 2.24) is 25.3 Å². The van der Waals surface area contributed by atoms with E-state index in [1.165, 1.54) is 0 Å². The second-order valence-electron chi connectivity index (χ2n) is 3.99. The number of hydrogen-bond acceptors (Lipinski definition) is 5. The second-order valence-corrected chi connectivity index (χ2v) is 3.99. The van der Waals surface area contributed by atoms with Crippen LogP contribution in [0.5, 0.6) is 0 Å². The van der Waals surface area contributed by atoms with Crippen molar-refractivity contribution < 1.29 is 9.90 Å². The summed E-state index contributed by atoms with van der Waals surface area (Å²) in [6.45, 7) is 1.29. The van der Waals surface area contributed by atoms with E-state index < -0.39 is 5.97 Å². The normalized spacial score (nSPS) is 14.2. The Labute approximate surface area is 102 Å². The number of nitrogens with one attached hydrogen (secondary N) is 2. The summed E-state index contributed by atoms with van der Waals surface area (Å²) in [7, 11) is 0. The van der Waals surface area contributed by atoms with Gasteiger partial charge in [0.2, 0.25) is 0 Å². The molecular formula is C11H11N5O2.